The van der Waals surface area contributed by atoms with Gasteiger partial charge in [0.1, 0.15) is 6.54 Å². The maximum Gasteiger partial charge on any atom is 0.337 e. The van der Waals surface area contributed by atoms with E-state index in [2.05, 4.69) is 10.1 Å². The summed E-state index contributed by atoms with van der Waals surface area (Å²) in [4.78, 5) is 35.5. The Bertz CT molecular complexity index is 561. The van der Waals surface area contributed by atoms with E-state index >= 15 is 0 Å². The molecule has 1 aromatic carbocycles. The number of hydrogen-bond acceptors (Lipinski definition) is 4. The number of carboxylic acids is 1. The smallest absolute Gasteiger partial charge is 0.337 e. The minimum atomic E-state index is -1.20. The third kappa shape index (κ3) is 4.64. The molecule has 0 fully saturated rings. The zero-order chi connectivity index (χ0) is 16.0. The van der Waals surface area contributed by atoms with Crippen molar-refractivity contribution in [2.24, 2.45) is 0 Å². The molecule has 0 saturated heterocycles. The second-order valence-corrected chi connectivity index (χ2v) is 4.45. The number of methoxy groups -OCH3 is 1. The first-order valence-electron chi connectivity index (χ1n) is 6.04. The summed E-state index contributed by atoms with van der Waals surface area (Å²) >= 11 is 5.79. The number of hydrogen-bond donors (Lipinski definition) is 2. The second-order valence-electron chi connectivity index (χ2n) is 4.02. The minimum absolute atomic E-state index is 0.0586. The highest BCUT2D eigenvalue weighted by Gasteiger charge is 2.19. The van der Waals surface area contributed by atoms with Crippen LogP contribution in [0.2, 0.25) is 5.02 Å². The number of nitrogens with one attached hydrogen (secondary N) is 1. The molecule has 1 rings (SSSR count). The van der Waals surface area contributed by atoms with Crippen molar-refractivity contribution in [3.8, 4) is 0 Å². The van der Waals surface area contributed by atoms with E-state index in [-0.39, 0.29) is 29.4 Å². The normalized spacial score (nSPS) is 9.86. The molecule has 21 heavy (non-hydrogen) atoms. The number of benzene rings is 1. The first-order chi connectivity index (χ1) is 9.88. The Morgan fingerprint density at radius 3 is 2.57 bits per heavy atom. The molecule has 0 heterocycles. The van der Waals surface area contributed by atoms with Crippen LogP contribution in [-0.2, 0) is 9.53 Å². The molecule has 7 nitrogen and oxygen atoms in total. The maximum absolute atomic E-state index is 12.1. The van der Waals surface area contributed by atoms with E-state index in [4.69, 9.17) is 16.7 Å². The zero-order valence-corrected chi connectivity index (χ0v) is 12.3. The predicted molar refractivity (Wildman–Crippen MR) is 76.7 cm³/mol. The van der Waals surface area contributed by atoms with Crippen LogP contribution in [-0.4, -0.2) is 48.2 Å². The minimum Gasteiger partial charge on any atom is -0.478 e. The molecule has 114 valence electrons. The van der Waals surface area contributed by atoms with Crippen molar-refractivity contribution < 1.29 is 24.2 Å². The van der Waals surface area contributed by atoms with Gasteiger partial charge in [-0.2, -0.15) is 0 Å². The van der Waals surface area contributed by atoms with E-state index in [0.717, 1.165) is 0 Å². The van der Waals surface area contributed by atoms with Gasteiger partial charge in [0.05, 0.1) is 18.4 Å². The van der Waals surface area contributed by atoms with Crippen LogP contribution < -0.4 is 5.32 Å². The number of halogens is 1. The summed E-state index contributed by atoms with van der Waals surface area (Å²) in [5.41, 5.74) is -0.0369. The van der Waals surface area contributed by atoms with Crippen molar-refractivity contribution in [2.45, 2.75) is 6.92 Å². The Balaban J connectivity index is 2.93. The lowest BCUT2D eigenvalue weighted by Crippen LogP contribution is -2.39. The molecule has 0 spiro atoms. The van der Waals surface area contributed by atoms with Gasteiger partial charge >= 0.3 is 18.0 Å². The Labute approximate surface area is 126 Å². The molecular weight excluding hydrogens is 300 g/mol. The quantitative estimate of drug-likeness (QED) is 0.811. The first kappa shape index (κ1) is 16.8. The van der Waals surface area contributed by atoms with Crippen LogP contribution in [0.3, 0.4) is 0 Å². The number of carbonyl (C=O) groups excluding carboxylic acids is 2. The van der Waals surface area contributed by atoms with Crippen molar-refractivity contribution in [2.75, 3.05) is 25.5 Å². The predicted octanol–water partition coefficient (Wildman–Crippen LogP) is 2.06. The molecule has 1 aromatic rings. The standard InChI is InChI=1S/C13H15ClN2O5/c1-3-16(7-11(17)21-2)13(20)15-10-6-8(14)4-5-9(10)12(18)19/h4-6H,3,7H2,1-2H3,(H,15,20)(H,18,19). The van der Waals surface area contributed by atoms with Crippen molar-refractivity contribution in [1.29, 1.82) is 0 Å². The number of anilines is 1. The molecular formula is C13H15ClN2O5. The fourth-order valence-corrected chi connectivity index (χ4v) is 1.72. The second kappa shape index (κ2) is 7.49. The third-order valence-corrected chi connectivity index (χ3v) is 2.91. The van der Waals surface area contributed by atoms with Crippen LogP contribution in [0.4, 0.5) is 10.5 Å². The maximum atomic E-state index is 12.1. The fourth-order valence-electron chi connectivity index (χ4n) is 1.55. The van der Waals surface area contributed by atoms with Crippen molar-refractivity contribution in [3.05, 3.63) is 28.8 Å². The molecule has 2 amide bonds. The number of urea groups is 1. The summed E-state index contributed by atoms with van der Waals surface area (Å²) in [5, 5.41) is 11.8. The number of aromatic carboxylic acids is 1. The molecule has 0 aliphatic rings. The number of amides is 2. The molecule has 0 atom stereocenters. The van der Waals surface area contributed by atoms with E-state index in [0.29, 0.717) is 0 Å². The summed E-state index contributed by atoms with van der Waals surface area (Å²) in [5.74, 6) is -1.77. The summed E-state index contributed by atoms with van der Waals surface area (Å²) in [6, 6.07) is 3.41. The largest absolute Gasteiger partial charge is 0.478 e. The van der Waals surface area contributed by atoms with Gasteiger partial charge in [-0.1, -0.05) is 11.6 Å². The topological polar surface area (TPSA) is 95.9 Å². The van der Waals surface area contributed by atoms with Gasteiger partial charge in [0.15, 0.2) is 0 Å². The van der Waals surface area contributed by atoms with Gasteiger partial charge < -0.3 is 20.1 Å². The third-order valence-electron chi connectivity index (χ3n) is 2.67. The summed E-state index contributed by atoms with van der Waals surface area (Å²) in [6.45, 7) is 1.70. The fraction of sp³-hybridized carbons (Fsp3) is 0.308. The molecule has 0 bridgehead atoms. The van der Waals surface area contributed by atoms with Gasteiger partial charge in [-0.15, -0.1) is 0 Å². The number of likely N-dealkylation sites (N-methyl/N-ethyl adjacent to an activating group) is 1. The highest BCUT2D eigenvalue weighted by molar-refractivity contribution is 6.31. The van der Waals surface area contributed by atoms with Crippen LogP contribution in [0.5, 0.6) is 0 Å². The Hall–Kier alpha value is -2.28. The number of rotatable bonds is 5. The lowest BCUT2D eigenvalue weighted by Gasteiger charge is -2.20. The zero-order valence-electron chi connectivity index (χ0n) is 11.6. The van der Waals surface area contributed by atoms with Gasteiger partial charge in [-0.25, -0.2) is 9.59 Å². The SMILES string of the molecule is CCN(CC(=O)OC)C(=O)Nc1cc(Cl)ccc1C(=O)O. The molecule has 0 aromatic heterocycles. The van der Waals surface area contributed by atoms with Crippen LogP contribution >= 0.6 is 11.6 Å². The van der Waals surface area contributed by atoms with Crippen LogP contribution in [0.1, 0.15) is 17.3 Å². The van der Waals surface area contributed by atoms with E-state index in [1.54, 1.807) is 6.92 Å². The van der Waals surface area contributed by atoms with Gasteiger partial charge in [0.2, 0.25) is 0 Å². The summed E-state index contributed by atoms with van der Waals surface area (Å²) in [7, 11) is 1.22. The lowest BCUT2D eigenvalue weighted by molar-refractivity contribution is -0.141. The number of esters is 1. The Kier molecular flexibility index (Phi) is 5.98. The van der Waals surface area contributed by atoms with E-state index < -0.39 is 18.0 Å². The number of carboxylic acid groups (broad SMARTS) is 1. The van der Waals surface area contributed by atoms with E-state index in [1.807, 2.05) is 0 Å². The van der Waals surface area contributed by atoms with Gasteiger partial charge in [-0.3, -0.25) is 4.79 Å². The molecule has 0 saturated carbocycles. The Morgan fingerprint density at radius 2 is 2.05 bits per heavy atom. The monoisotopic (exact) mass is 314 g/mol. The van der Waals surface area contributed by atoms with Gasteiger partial charge in [0.25, 0.3) is 0 Å². The Morgan fingerprint density at radius 1 is 1.38 bits per heavy atom. The molecule has 0 aliphatic carbocycles. The van der Waals surface area contributed by atoms with E-state index in [1.165, 1.54) is 30.2 Å². The van der Waals surface area contributed by atoms with E-state index in [9.17, 15) is 14.4 Å². The molecule has 0 aliphatic heterocycles. The average Bonchev–Trinajstić information content (AvgIpc) is 2.43. The number of ether oxygens (including phenoxy) is 1. The molecule has 2 N–H and O–H groups in total. The number of carbonyl (C=O) groups is 3. The van der Waals surface area contributed by atoms with Crippen molar-refractivity contribution >= 4 is 35.3 Å². The van der Waals surface area contributed by atoms with Crippen LogP contribution in [0, 0.1) is 0 Å². The van der Waals surface area contributed by atoms with Crippen molar-refractivity contribution in [1.82, 2.24) is 4.90 Å². The van der Waals surface area contributed by atoms with Crippen LogP contribution in [0.15, 0.2) is 18.2 Å². The van der Waals surface area contributed by atoms with Gasteiger partial charge in [-0.05, 0) is 25.1 Å². The highest BCUT2D eigenvalue weighted by atomic mass is 35.5. The molecule has 8 heteroatoms. The average molecular weight is 315 g/mol. The summed E-state index contributed by atoms with van der Waals surface area (Å²) < 4.78 is 4.49. The molecule has 0 radical (unpaired) electrons. The van der Waals surface area contributed by atoms with Crippen molar-refractivity contribution in [3.63, 3.8) is 0 Å². The van der Waals surface area contributed by atoms with Crippen LogP contribution in [0.25, 0.3) is 0 Å². The molecule has 0 unspecified atom stereocenters. The van der Waals surface area contributed by atoms with Gasteiger partial charge in [0, 0.05) is 11.6 Å². The first-order valence-corrected chi connectivity index (χ1v) is 6.42. The highest BCUT2D eigenvalue weighted by Crippen LogP contribution is 2.21. The summed E-state index contributed by atoms with van der Waals surface area (Å²) in [6.07, 6.45) is 0. The lowest BCUT2D eigenvalue weighted by atomic mass is 10.2. The number of nitrogens with zero attached hydrogens (tertiary/aromatic N) is 1.